The Bertz CT molecular complexity index is 379. The van der Waals surface area contributed by atoms with Crippen molar-refractivity contribution in [2.45, 2.75) is 18.9 Å². The van der Waals surface area contributed by atoms with E-state index in [2.05, 4.69) is 5.32 Å². The molecule has 0 saturated heterocycles. The monoisotopic (exact) mass is 236 g/mol. The first-order valence-corrected chi connectivity index (χ1v) is 5.43. The zero-order chi connectivity index (χ0) is 12.7. The molecule has 1 rings (SSSR count). The largest absolute Gasteiger partial charge is 0.480 e. The molecule has 1 atom stereocenters. The van der Waals surface area contributed by atoms with E-state index < -0.39 is 12.0 Å². The Kier molecular flexibility index (Phi) is 5.16. The molecule has 0 bridgehead atoms. The minimum Gasteiger partial charge on any atom is -0.480 e. The van der Waals surface area contributed by atoms with Crippen molar-refractivity contribution in [2.75, 3.05) is 6.54 Å². The summed E-state index contributed by atoms with van der Waals surface area (Å²) in [6, 6.07) is 7.99. The molecule has 5 heteroatoms. The highest BCUT2D eigenvalue weighted by Crippen LogP contribution is 1.98. The number of nitrogens with one attached hydrogen (secondary N) is 1. The molecule has 0 heterocycles. The van der Waals surface area contributed by atoms with E-state index in [4.69, 9.17) is 10.8 Å². The lowest BCUT2D eigenvalue weighted by atomic mass is 10.1. The molecule has 0 unspecified atom stereocenters. The van der Waals surface area contributed by atoms with Crippen LogP contribution in [0.1, 0.15) is 23.2 Å². The normalized spacial score (nSPS) is 11.8. The van der Waals surface area contributed by atoms with Gasteiger partial charge in [0, 0.05) is 12.1 Å². The maximum absolute atomic E-state index is 11.6. The third-order valence-corrected chi connectivity index (χ3v) is 2.33. The van der Waals surface area contributed by atoms with E-state index in [0.717, 1.165) is 0 Å². The third kappa shape index (κ3) is 4.65. The molecule has 0 spiro atoms. The molecule has 1 aromatic carbocycles. The zero-order valence-electron chi connectivity index (χ0n) is 9.43. The van der Waals surface area contributed by atoms with Crippen molar-refractivity contribution >= 4 is 11.9 Å². The number of benzene rings is 1. The van der Waals surface area contributed by atoms with Gasteiger partial charge in [0.25, 0.3) is 5.91 Å². The first-order chi connectivity index (χ1) is 8.11. The summed E-state index contributed by atoms with van der Waals surface area (Å²) in [5, 5.41) is 11.3. The summed E-state index contributed by atoms with van der Waals surface area (Å²) >= 11 is 0. The van der Waals surface area contributed by atoms with E-state index in [1.54, 1.807) is 24.3 Å². The number of hydrogen-bond acceptors (Lipinski definition) is 3. The van der Waals surface area contributed by atoms with Gasteiger partial charge in [0.1, 0.15) is 6.04 Å². The van der Waals surface area contributed by atoms with Gasteiger partial charge in [0.15, 0.2) is 0 Å². The van der Waals surface area contributed by atoms with E-state index in [0.29, 0.717) is 24.9 Å². The fourth-order valence-electron chi connectivity index (χ4n) is 1.34. The fourth-order valence-corrected chi connectivity index (χ4v) is 1.34. The average molecular weight is 236 g/mol. The van der Waals surface area contributed by atoms with E-state index in [1.165, 1.54) is 0 Å². The van der Waals surface area contributed by atoms with E-state index in [9.17, 15) is 9.59 Å². The Morgan fingerprint density at radius 2 is 1.94 bits per heavy atom. The Labute approximate surface area is 99.6 Å². The average Bonchev–Trinajstić information content (AvgIpc) is 2.35. The number of rotatable bonds is 6. The lowest BCUT2D eigenvalue weighted by Gasteiger charge is -2.07. The molecule has 0 radical (unpaired) electrons. The molecule has 92 valence electrons. The summed E-state index contributed by atoms with van der Waals surface area (Å²) in [7, 11) is 0. The molecule has 0 saturated carbocycles. The highest BCUT2D eigenvalue weighted by atomic mass is 16.4. The molecule has 17 heavy (non-hydrogen) atoms. The zero-order valence-corrected chi connectivity index (χ0v) is 9.43. The first kappa shape index (κ1) is 13.2. The predicted molar refractivity (Wildman–Crippen MR) is 63.6 cm³/mol. The Morgan fingerprint density at radius 1 is 1.29 bits per heavy atom. The van der Waals surface area contributed by atoms with Crippen molar-refractivity contribution in [1.29, 1.82) is 0 Å². The number of hydrogen-bond donors (Lipinski definition) is 3. The van der Waals surface area contributed by atoms with Gasteiger partial charge in [0.05, 0.1) is 0 Å². The number of carboxylic acid groups (broad SMARTS) is 1. The predicted octanol–water partition coefficient (Wildman–Crippen LogP) is 0.608. The Morgan fingerprint density at radius 3 is 2.53 bits per heavy atom. The molecule has 5 nitrogen and oxygen atoms in total. The van der Waals surface area contributed by atoms with Gasteiger partial charge in [-0.25, -0.2) is 0 Å². The van der Waals surface area contributed by atoms with Gasteiger partial charge in [-0.3, -0.25) is 9.59 Å². The maximum atomic E-state index is 11.6. The van der Waals surface area contributed by atoms with Gasteiger partial charge < -0.3 is 16.2 Å². The second-order valence-corrected chi connectivity index (χ2v) is 3.71. The van der Waals surface area contributed by atoms with Crippen LogP contribution in [0.3, 0.4) is 0 Å². The molecule has 1 aromatic rings. The van der Waals surface area contributed by atoms with Crippen molar-refractivity contribution in [2.24, 2.45) is 5.73 Å². The molecular formula is C12H16N2O3. The topological polar surface area (TPSA) is 92.4 Å². The number of amides is 1. The van der Waals surface area contributed by atoms with Crippen LogP contribution in [0.5, 0.6) is 0 Å². The lowest BCUT2D eigenvalue weighted by Crippen LogP contribution is -2.32. The highest BCUT2D eigenvalue weighted by molar-refractivity contribution is 5.94. The number of carboxylic acids is 1. The molecule has 0 fully saturated rings. The van der Waals surface area contributed by atoms with Crippen LogP contribution in [-0.4, -0.2) is 29.6 Å². The van der Waals surface area contributed by atoms with E-state index in [1.807, 2.05) is 6.07 Å². The van der Waals surface area contributed by atoms with Gasteiger partial charge in [-0.05, 0) is 25.0 Å². The number of aliphatic carboxylic acids is 1. The van der Waals surface area contributed by atoms with Gasteiger partial charge in [-0.1, -0.05) is 18.2 Å². The second-order valence-electron chi connectivity index (χ2n) is 3.71. The SMILES string of the molecule is N[C@@H](CCCNC(=O)c1ccccc1)C(=O)O. The molecular weight excluding hydrogens is 220 g/mol. The molecule has 0 aliphatic carbocycles. The Balaban J connectivity index is 2.24. The van der Waals surface area contributed by atoms with E-state index >= 15 is 0 Å². The summed E-state index contributed by atoms with van der Waals surface area (Å²) < 4.78 is 0. The van der Waals surface area contributed by atoms with Crippen LogP contribution in [0.15, 0.2) is 30.3 Å². The van der Waals surface area contributed by atoms with Gasteiger partial charge in [-0.15, -0.1) is 0 Å². The quantitative estimate of drug-likeness (QED) is 0.631. The van der Waals surface area contributed by atoms with Crippen LogP contribution in [0.25, 0.3) is 0 Å². The van der Waals surface area contributed by atoms with Gasteiger partial charge >= 0.3 is 5.97 Å². The molecule has 0 aromatic heterocycles. The molecule has 0 aliphatic heterocycles. The van der Waals surface area contributed by atoms with Crippen LogP contribution in [-0.2, 0) is 4.79 Å². The summed E-state index contributed by atoms with van der Waals surface area (Å²) in [6.45, 7) is 0.425. The minimum absolute atomic E-state index is 0.158. The van der Waals surface area contributed by atoms with E-state index in [-0.39, 0.29) is 5.91 Å². The number of carbonyl (C=O) groups excluding carboxylic acids is 1. The molecule has 1 amide bonds. The van der Waals surface area contributed by atoms with Gasteiger partial charge in [-0.2, -0.15) is 0 Å². The van der Waals surface area contributed by atoms with Crippen molar-refractivity contribution in [3.63, 3.8) is 0 Å². The second kappa shape index (κ2) is 6.65. The minimum atomic E-state index is -1.01. The van der Waals surface area contributed by atoms with Crippen LogP contribution >= 0.6 is 0 Å². The van der Waals surface area contributed by atoms with Crippen molar-refractivity contribution in [3.05, 3.63) is 35.9 Å². The van der Waals surface area contributed by atoms with Gasteiger partial charge in [0.2, 0.25) is 0 Å². The summed E-state index contributed by atoms with van der Waals surface area (Å²) in [5.41, 5.74) is 5.92. The number of carbonyl (C=O) groups is 2. The maximum Gasteiger partial charge on any atom is 0.320 e. The fraction of sp³-hybridized carbons (Fsp3) is 0.333. The van der Waals surface area contributed by atoms with Crippen LogP contribution in [0.2, 0.25) is 0 Å². The highest BCUT2D eigenvalue weighted by Gasteiger charge is 2.10. The molecule has 4 N–H and O–H groups in total. The number of nitrogens with two attached hydrogens (primary N) is 1. The third-order valence-electron chi connectivity index (χ3n) is 2.33. The van der Waals surface area contributed by atoms with Crippen LogP contribution < -0.4 is 11.1 Å². The smallest absolute Gasteiger partial charge is 0.320 e. The molecule has 0 aliphatic rings. The Hall–Kier alpha value is -1.88. The van der Waals surface area contributed by atoms with Crippen LogP contribution in [0, 0.1) is 0 Å². The lowest BCUT2D eigenvalue weighted by molar-refractivity contribution is -0.138. The first-order valence-electron chi connectivity index (χ1n) is 5.43. The van der Waals surface area contributed by atoms with Crippen molar-refractivity contribution in [3.8, 4) is 0 Å². The standard InChI is InChI=1S/C12H16N2O3/c13-10(12(16)17)7-4-8-14-11(15)9-5-2-1-3-6-9/h1-3,5-6,10H,4,7-8,13H2,(H,14,15)(H,16,17)/t10-/m0/s1. The van der Waals surface area contributed by atoms with Crippen LogP contribution in [0.4, 0.5) is 0 Å². The van der Waals surface area contributed by atoms with Crippen molar-refractivity contribution in [1.82, 2.24) is 5.32 Å². The van der Waals surface area contributed by atoms with Crippen molar-refractivity contribution < 1.29 is 14.7 Å². The summed E-state index contributed by atoms with van der Waals surface area (Å²) in [4.78, 5) is 22.0. The summed E-state index contributed by atoms with van der Waals surface area (Å²) in [6.07, 6.45) is 0.899. The summed E-state index contributed by atoms with van der Waals surface area (Å²) in [5.74, 6) is -1.17.